The molecule has 0 aliphatic rings. The molecule has 0 fully saturated rings. The summed E-state index contributed by atoms with van der Waals surface area (Å²) in [5, 5.41) is 14.0. The summed E-state index contributed by atoms with van der Waals surface area (Å²) in [6.07, 6.45) is 0.283. The van der Waals surface area contributed by atoms with E-state index >= 15 is 0 Å². The van der Waals surface area contributed by atoms with E-state index in [0.717, 1.165) is 11.1 Å². The molecule has 2 N–H and O–H groups in total. The molecule has 3 rings (SSSR count). The number of anilines is 2. The summed E-state index contributed by atoms with van der Waals surface area (Å²) in [7, 11) is 0. The maximum absolute atomic E-state index is 12.5. The van der Waals surface area contributed by atoms with Crippen LogP contribution in [-0.4, -0.2) is 24.4 Å². The average molecular weight is 427 g/mol. The van der Waals surface area contributed by atoms with Crippen LogP contribution < -0.4 is 10.6 Å². The number of aryl methyl sites for hydroxylation is 1. The van der Waals surface area contributed by atoms with Gasteiger partial charge in [-0.2, -0.15) is 5.26 Å². The van der Waals surface area contributed by atoms with Crippen molar-refractivity contribution < 1.29 is 19.1 Å². The molecule has 0 aliphatic carbocycles. The first-order chi connectivity index (χ1) is 15.5. The second-order valence-electron chi connectivity index (χ2n) is 7.03. The third-order valence-corrected chi connectivity index (χ3v) is 4.53. The van der Waals surface area contributed by atoms with Gasteiger partial charge in [-0.05, 0) is 48.9 Å². The van der Waals surface area contributed by atoms with Crippen LogP contribution in [0.25, 0.3) is 0 Å². The lowest BCUT2D eigenvalue weighted by Gasteiger charge is -2.11. The van der Waals surface area contributed by atoms with Gasteiger partial charge >= 0.3 is 5.97 Å². The number of para-hydroxylation sites is 1. The highest BCUT2D eigenvalue weighted by atomic mass is 16.5. The van der Waals surface area contributed by atoms with Gasteiger partial charge in [-0.15, -0.1) is 0 Å². The molecule has 0 saturated heterocycles. The molecule has 0 radical (unpaired) electrons. The van der Waals surface area contributed by atoms with Gasteiger partial charge in [-0.1, -0.05) is 42.0 Å². The summed E-state index contributed by atoms with van der Waals surface area (Å²) in [5.41, 5.74) is 3.20. The average Bonchev–Trinajstić information content (AvgIpc) is 2.79. The van der Waals surface area contributed by atoms with Crippen molar-refractivity contribution in [2.75, 3.05) is 17.2 Å². The van der Waals surface area contributed by atoms with Gasteiger partial charge in [0.1, 0.15) is 0 Å². The molecule has 32 heavy (non-hydrogen) atoms. The highest BCUT2D eigenvalue weighted by molar-refractivity contribution is 6.08. The normalized spacial score (nSPS) is 10.0. The number of carbonyl (C=O) groups is 3. The number of nitrogens with one attached hydrogen (secondary N) is 2. The van der Waals surface area contributed by atoms with Crippen molar-refractivity contribution in [3.63, 3.8) is 0 Å². The van der Waals surface area contributed by atoms with E-state index in [9.17, 15) is 14.4 Å². The molecular weight excluding hydrogens is 406 g/mol. The predicted molar refractivity (Wildman–Crippen MR) is 120 cm³/mol. The number of esters is 1. The summed E-state index contributed by atoms with van der Waals surface area (Å²) in [4.78, 5) is 37.2. The maximum atomic E-state index is 12.5. The SMILES string of the molecule is Cc1cccc(C(=O)Nc2ccccc2C(=O)OCC(=O)Nc2ccc(CC#N)cc2)c1. The largest absolute Gasteiger partial charge is 0.452 e. The fourth-order valence-electron chi connectivity index (χ4n) is 2.95. The Kier molecular flexibility index (Phi) is 7.33. The minimum absolute atomic E-state index is 0.141. The van der Waals surface area contributed by atoms with Crippen LogP contribution in [0.3, 0.4) is 0 Å². The Morgan fingerprint density at radius 2 is 1.69 bits per heavy atom. The van der Waals surface area contributed by atoms with Crippen molar-refractivity contribution in [3.05, 3.63) is 95.1 Å². The lowest BCUT2D eigenvalue weighted by molar-refractivity contribution is -0.119. The number of hydrogen-bond acceptors (Lipinski definition) is 5. The zero-order valence-corrected chi connectivity index (χ0v) is 17.4. The molecule has 2 amide bonds. The molecule has 0 bridgehead atoms. The molecule has 0 atom stereocenters. The molecule has 3 aromatic carbocycles. The van der Waals surface area contributed by atoms with Crippen LogP contribution in [0, 0.1) is 18.3 Å². The van der Waals surface area contributed by atoms with Crippen molar-refractivity contribution in [3.8, 4) is 6.07 Å². The van der Waals surface area contributed by atoms with Crippen molar-refractivity contribution in [2.24, 2.45) is 0 Å². The Balaban J connectivity index is 1.60. The number of hydrogen-bond donors (Lipinski definition) is 2. The summed E-state index contributed by atoms with van der Waals surface area (Å²) < 4.78 is 5.13. The van der Waals surface area contributed by atoms with Gasteiger partial charge in [-0.3, -0.25) is 9.59 Å². The van der Waals surface area contributed by atoms with Crippen LogP contribution in [-0.2, 0) is 16.0 Å². The monoisotopic (exact) mass is 427 g/mol. The first kappa shape index (κ1) is 22.2. The second-order valence-corrected chi connectivity index (χ2v) is 7.03. The van der Waals surface area contributed by atoms with Gasteiger partial charge < -0.3 is 15.4 Å². The van der Waals surface area contributed by atoms with Gasteiger partial charge in [0, 0.05) is 11.3 Å². The molecule has 0 spiro atoms. The minimum atomic E-state index is -0.732. The molecule has 160 valence electrons. The van der Waals surface area contributed by atoms with E-state index in [1.807, 2.05) is 19.1 Å². The van der Waals surface area contributed by atoms with Gasteiger partial charge in [0.25, 0.3) is 11.8 Å². The highest BCUT2D eigenvalue weighted by Gasteiger charge is 2.16. The van der Waals surface area contributed by atoms with E-state index < -0.39 is 18.5 Å². The van der Waals surface area contributed by atoms with E-state index in [0.29, 0.717) is 11.3 Å². The van der Waals surface area contributed by atoms with Crippen LogP contribution in [0.4, 0.5) is 11.4 Å². The Hall–Kier alpha value is -4.44. The van der Waals surface area contributed by atoms with Crippen molar-refractivity contribution in [2.45, 2.75) is 13.3 Å². The first-order valence-corrected chi connectivity index (χ1v) is 9.86. The number of amides is 2. The predicted octanol–water partition coefficient (Wildman–Crippen LogP) is 4.11. The van der Waals surface area contributed by atoms with Crippen LogP contribution in [0.2, 0.25) is 0 Å². The quantitative estimate of drug-likeness (QED) is 0.552. The Morgan fingerprint density at radius 3 is 2.41 bits per heavy atom. The molecule has 0 aliphatic heterocycles. The fraction of sp³-hybridized carbons (Fsp3) is 0.120. The van der Waals surface area contributed by atoms with E-state index in [1.165, 1.54) is 6.07 Å². The van der Waals surface area contributed by atoms with Crippen LogP contribution in [0.1, 0.15) is 31.8 Å². The number of carbonyl (C=O) groups excluding carboxylic acids is 3. The van der Waals surface area contributed by atoms with E-state index in [4.69, 9.17) is 10.00 Å². The molecule has 3 aromatic rings. The molecule has 0 unspecified atom stereocenters. The third kappa shape index (κ3) is 6.03. The number of nitriles is 1. The van der Waals surface area contributed by atoms with Crippen molar-refractivity contribution in [1.29, 1.82) is 5.26 Å². The molecule has 0 aromatic heterocycles. The van der Waals surface area contributed by atoms with Gasteiger partial charge in [0.2, 0.25) is 0 Å². The molecule has 7 nitrogen and oxygen atoms in total. The van der Waals surface area contributed by atoms with Crippen LogP contribution in [0.15, 0.2) is 72.8 Å². The van der Waals surface area contributed by atoms with Gasteiger partial charge in [0.05, 0.1) is 23.7 Å². The molecule has 7 heteroatoms. The summed E-state index contributed by atoms with van der Waals surface area (Å²) in [5.74, 6) is -1.59. The third-order valence-electron chi connectivity index (χ3n) is 4.53. The van der Waals surface area contributed by atoms with Gasteiger partial charge in [-0.25, -0.2) is 4.79 Å². The van der Waals surface area contributed by atoms with Crippen LogP contribution >= 0.6 is 0 Å². The second kappa shape index (κ2) is 10.5. The number of rotatable bonds is 7. The van der Waals surface area contributed by atoms with Crippen LogP contribution in [0.5, 0.6) is 0 Å². The lowest BCUT2D eigenvalue weighted by Crippen LogP contribution is -2.22. The van der Waals surface area contributed by atoms with E-state index in [1.54, 1.807) is 60.7 Å². The number of nitrogens with zero attached hydrogens (tertiary/aromatic N) is 1. The zero-order valence-electron chi connectivity index (χ0n) is 17.4. The Labute approximate surface area is 185 Å². The Bertz CT molecular complexity index is 1180. The summed E-state index contributed by atoms with van der Waals surface area (Å²) in [6, 6.07) is 22.4. The summed E-state index contributed by atoms with van der Waals surface area (Å²) in [6.45, 7) is 1.40. The van der Waals surface area contributed by atoms with Gasteiger partial charge in [0.15, 0.2) is 6.61 Å². The topological polar surface area (TPSA) is 108 Å². The number of benzene rings is 3. The molecule has 0 heterocycles. The lowest BCUT2D eigenvalue weighted by atomic mass is 10.1. The van der Waals surface area contributed by atoms with E-state index in [-0.39, 0.29) is 23.6 Å². The minimum Gasteiger partial charge on any atom is -0.452 e. The van der Waals surface area contributed by atoms with E-state index in [2.05, 4.69) is 10.6 Å². The summed E-state index contributed by atoms with van der Waals surface area (Å²) >= 11 is 0. The zero-order chi connectivity index (χ0) is 22.9. The molecule has 0 saturated carbocycles. The van der Waals surface area contributed by atoms with Crippen molar-refractivity contribution >= 4 is 29.2 Å². The highest BCUT2D eigenvalue weighted by Crippen LogP contribution is 2.18. The molecular formula is C25H21N3O4. The number of ether oxygens (including phenoxy) is 1. The fourth-order valence-corrected chi connectivity index (χ4v) is 2.95. The first-order valence-electron chi connectivity index (χ1n) is 9.86. The standard InChI is InChI=1S/C25H21N3O4/c1-17-5-4-6-19(15-17)24(30)28-22-8-3-2-7-21(22)25(31)32-16-23(29)27-20-11-9-18(10-12-20)13-14-26/h2-12,15H,13,16H2,1H3,(H,27,29)(H,28,30). The maximum Gasteiger partial charge on any atom is 0.340 e. The van der Waals surface area contributed by atoms with Crippen molar-refractivity contribution in [1.82, 2.24) is 0 Å². The Morgan fingerprint density at radius 1 is 0.938 bits per heavy atom. The smallest absolute Gasteiger partial charge is 0.340 e.